The third-order valence-electron chi connectivity index (χ3n) is 4.56. The van der Waals surface area contributed by atoms with Crippen molar-refractivity contribution in [3.63, 3.8) is 0 Å². The summed E-state index contributed by atoms with van der Waals surface area (Å²) in [5.41, 5.74) is -1.89. The van der Waals surface area contributed by atoms with Crippen LogP contribution in [0.1, 0.15) is 42.4 Å². The molecule has 1 aromatic heterocycles. The largest absolute Gasteiger partial charge is 0.458 e. The van der Waals surface area contributed by atoms with Gasteiger partial charge in [0, 0.05) is 6.42 Å². The van der Waals surface area contributed by atoms with Gasteiger partial charge in [0.15, 0.2) is 5.69 Å². The Morgan fingerprint density at radius 3 is 2.12 bits per heavy atom. The van der Waals surface area contributed by atoms with Crippen LogP contribution in [0.5, 0.6) is 0 Å². The third-order valence-corrected chi connectivity index (χ3v) is 4.56. The predicted octanol–water partition coefficient (Wildman–Crippen LogP) is 4.57. The van der Waals surface area contributed by atoms with E-state index in [0.717, 1.165) is 6.20 Å². The monoisotopic (exact) mass is 459 g/mol. The van der Waals surface area contributed by atoms with Gasteiger partial charge in [0.1, 0.15) is 11.6 Å². The second-order valence-corrected chi connectivity index (χ2v) is 8.40. The van der Waals surface area contributed by atoms with E-state index in [1.807, 2.05) is 0 Å². The molecular weight excluding hydrogens is 435 g/mol. The first-order valence-corrected chi connectivity index (χ1v) is 10.2. The van der Waals surface area contributed by atoms with Gasteiger partial charge in [-0.3, -0.25) is 4.79 Å². The van der Waals surface area contributed by atoms with Gasteiger partial charge in [-0.25, -0.2) is 9.48 Å². The lowest BCUT2D eigenvalue weighted by molar-refractivity contribution is -0.157. The van der Waals surface area contributed by atoms with Gasteiger partial charge in [-0.2, -0.15) is 18.3 Å². The Morgan fingerprint density at radius 2 is 1.58 bits per heavy atom. The first-order chi connectivity index (χ1) is 15.5. The average molecular weight is 459 g/mol. The fraction of sp³-hybridized carbons (Fsp3) is 0.292. The maximum absolute atomic E-state index is 13.9. The molecule has 0 bridgehead atoms. The highest BCUT2D eigenvalue weighted by atomic mass is 19.4. The molecule has 0 aliphatic carbocycles. The predicted molar refractivity (Wildman–Crippen MR) is 116 cm³/mol. The van der Waals surface area contributed by atoms with Gasteiger partial charge in [-0.15, -0.1) is 0 Å². The van der Waals surface area contributed by atoms with E-state index in [-0.39, 0.29) is 12.1 Å². The lowest BCUT2D eigenvalue weighted by atomic mass is 10.0. The van der Waals surface area contributed by atoms with E-state index >= 15 is 0 Å². The van der Waals surface area contributed by atoms with Crippen molar-refractivity contribution in [2.24, 2.45) is 0 Å². The van der Waals surface area contributed by atoms with Crippen LogP contribution in [0.2, 0.25) is 0 Å². The van der Waals surface area contributed by atoms with Gasteiger partial charge in [-0.05, 0) is 38.5 Å². The zero-order chi connectivity index (χ0) is 24.2. The van der Waals surface area contributed by atoms with Crippen LogP contribution in [0, 0.1) is 0 Å². The van der Waals surface area contributed by atoms with Crippen LogP contribution in [0.15, 0.2) is 66.9 Å². The number of aromatic nitrogens is 2. The van der Waals surface area contributed by atoms with Crippen molar-refractivity contribution in [3.8, 4) is 5.69 Å². The summed E-state index contributed by atoms with van der Waals surface area (Å²) < 4.78 is 47.8. The number of ether oxygens (including phenoxy) is 1. The SMILES string of the molecule is CC(C)(C)OC(=O)C(Cc1ccccc1)NC(=O)c1cnn(-c2ccccc2)c1C(F)(F)F. The number of benzene rings is 2. The standard InChI is InChI=1S/C24H24F3N3O3/c1-23(2,3)33-22(32)19(14-16-10-6-4-7-11-16)29-21(31)18-15-28-30(20(18)24(25,26)27)17-12-8-5-9-13-17/h4-13,15,19H,14H2,1-3H3,(H,29,31). The molecule has 3 rings (SSSR count). The molecule has 1 atom stereocenters. The number of alkyl halides is 3. The van der Waals surface area contributed by atoms with Gasteiger partial charge in [0.25, 0.3) is 5.91 Å². The van der Waals surface area contributed by atoms with Crippen LogP contribution in [0.4, 0.5) is 13.2 Å². The smallest absolute Gasteiger partial charge is 0.434 e. The topological polar surface area (TPSA) is 73.2 Å². The number of hydrogen-bond acceptors (Lipinski definition) is 4. The summed E-state index contributed by atoms with van der Waals surface area (Å²) in [6, 6.07) is 15.3. The Kier molecular flexibility index (Phi) is 6.90. The molecule has 0 aliphatic heterocycles. The fourth-order valence-corrected chi connectivity index (χ4v) is 3.20. The number of hydrogen-bond donors (Lipinski definition) is 1. The van der Waals surface area contributed by atoms with Gasteiger partial charge < -0.3 is 10.1 Å². The number of rotatable bonds is 6. The lowest BCUT2D eigenvalue weighted by Crippen LogP contribution is -2.45. The summed E-state index contributed by atoms with van der Waals surface area (Å²) in [6.45, 7) is 4.99. The molecule has 1 N–H and O–H groups in total. The van der Waals surface area contributed by atoms with Crippen LogP contribution in [0.3, 0.4) is 0 Å². The van der Waals surface area contributed by atoms with Gasteiger partial charge in [0.2, 0.25) is 0 Å². The summed E-state index contributed by atoms with van der Waals surface area (Å²) in [5, 5.41) is 6.20. The number of para-hydroxylation sites is 1. The molecule has 0 aliphatic rings. The van der Waals surface area contributed by atoms with Crippen molar-refractivity contribution >= 4 is 11.9 Å². The third kappa shape index (κ3) is 6.21. The molecule has 0 saturated heterocycles. The Bertz CT molecular complexity index is 1100. The van der Waals surface area contributed by atoms with E-state index < -0.39 is 41.0 Å². The molecule has 0 saturated carbocycles. The van der Waals surface area contributed by atoms with E-state index in [1.54, 1.807) is 69.3 Å². The summed E-state index contributed by atoms with van der Waals surface area (Å²) in [6.07, 6.45) is -3.96. The molecule has 2 aromatic carbocycles. The molecule has 1 heterocycles. The number of nitrogens with zero attached hydrogens (tertiary/aromatic N) is 2. The van der Waals surface area contributed by atoms with Crippen molar-refractivity contribution in [3.05, 3.63) is 83.7 Å². The van der Waals surface area contributed by atoms with Crippen molar-refractivity contribution in [1.82, 2.24) is 15.1 Å². The van der Waals surface area contributed by atoms with Gasteiger partial charge >= 0.3 is 12.1 Å². The molecule has 174 valence electrons. The average Bonchev–Trinajstić information content (AvgIpc) is 3.19. The first-order valence-electron chi connectivity index (χ1n) is 10.2. The summed E-state index contributed by atoms with van der Waals surface area (Å²) >= 11 is 0. The fourth-order valence-electron chi connectivity index (χ4n) is 3.20. The Hall–Kier alpha value is -3.62. The van der Waals surface area contributed by atoms with Crippen molar-refractivity contribution in [2.45, 2.75) is 45.0 Å². The van der Waals surface area contributed by atoms with Crippen LogP contribution < -0.4 is 5.32 Å². The Labute approximate surface area is 189 Å². The molecule has 3 aromatic rings. The summed E-state index contributed by atoms with van der Waals surface area (Å²) in [5.74, 6) is -1.82. The number of nitrogens with one attached hydrogen (secondary N) is 1. The van der Waals surface area contributed by atoms with Gasteiger partial charge in [0.05, 0.1) is 17.4 Å². The quantitative estimate of drug-likeness (QED) is 0.548. The Morgan fingerprint density at radius 1 is 1.00 bits per heavy atom. The minimum absolute atomic E-state index is 0.0513. The highest BCUT2D eigenvalue weighted by Crippen LogP contribution is 2.33. The van der Waals surface area contributed by atoms with E-state index in [1.165, 1.54) is 12.1 Å². The zero-order valence-corrected chi connectivity index (χ0v) is 18.4. The number of esters is 1. The van der Waals surface area contributed by atoms with E-state index in [4.69, 9.17) is 4.74 Å². The van der Waals surface area contributed by atoms with Crippen LogP contribution in [-0.2, 0) is 22.1 Å². The van der Waals surface area contributed by atoms with Crippen LogP contribution >= 0.6 is 0 Å². The molecule has 0 fully saturated rings. The zero-order valence-electron chi connectivity index (χ0n) is 18.4. The molecule has 6 nitrogen and oxygen atoms in total. The number of carbonyl (C=O) groups is 2. The van der Waals surface area contributed by atoms with E-state index in [9.17, 15) is 22.8 Å². The molecule has 1 amide bonds. The van der Waals surface area contributed by atoms with Crippen molar-refractivity contribution in [1.29, 1.82) is 0 Å². The van der Waals surface area contributed by atoms with E-state index in [2.05, 4.69) is 10.4 Å². The summed E-state index contributed by atoms with van der Waals surface area (Å²) in [4.78, 5) is 25.7. The molecule has 9 heteroatoms. The number of carbonyl (C=O) groups excluding carboxylic acids is 2. The van der Waals surface area contributed by atoms with Crippen LogP contribution in [0.25, 0.3) is 5.69 Å². The maximum Gasteiger partial charge on any atom is 0.434 e. The highest BCUT2D eigenvalue weighted by molar-refractivity contribution is 5.98. The molecule has 0 spiro atoms. The summed E-state index contributed by atoms with van der Waals surface area (Å²) in [7, 11) is 0. The van der Waals surface area contributed by atoms with E-state index in [0.29, 0.717) is 10.2 Å². The normalized spacial score (nSPS) is 12.8. The van der Waals surface area contributed by atoms with Crippen molar-refractivity contribution < 1.29 is 27.5 Å². The minimum Gasteiger partial charge on any atom is -0.458 e. The minimum atomic E-state index is -4.86. The highest BCUT2D eigenvalue weighted by Gasteiger charge is 2.41. The number of halogens is 3. The Balaban J connectivity index is 1.94. The number of amides is 1. The molecule has 1 unspecified atom stereocenters. The lowest BCUT2D eigenvalue weighted by Gasteiger charge is -2.25. The maximum atomic E-state index is 13.9. The second kappa shape index (κ2) is 9.48. The first kappa shape index (κ1) is 24.0. The molecule has 33 heavy (non-hydrogen) atoms. The van der Waals surface area contributed by atoms with Crippen LogP contribution in [-0.4, -0.2) is 33.3 Å². The second-order valence-electron chi connectivity index (χ2n) is 8.40. The molecule has 0 radical (unpaired) electrons. The molecular formula is C24H24F3N3O3. The van der Waals surface area contributed by atoms with Gasteiger partial charge in [-0.1, -0.05) is 48.5 Å². The van der Waals surface area contributed by atoms with Crippen molar-refractivity contribution in [2.75, 3.05) is 0 Å².